The fraction of sp³-hybridized carbons (Fsp3) is 0.636. The molecule has 0 bridgehead atoms. The van der Waals surface area contributed by atoms with Crippen LogP contribution in [-0.4, -0.2) is 62.7 Å². The van der Waals surface area contributed by atoms with Crippen molar-refractivity contribution in [3.63, 3.8) is 0 Å². The van der Waals surface area contributed by atoms with Crippen molar-refractivity contribution in [2.45, 2.75) is 30.7 Å². The van der Waals surface area contributed by atoms with Crippen molar-refractivity contribution in [3.8, 4) is 0 Å². The van der Waals surface area contributed by atoms with E-state index < -0.39 is 37.3 Å². The number of rotatable bonds is 2. The molecular formula is C11H15FN4O4. The topological polar surface area (TPSA) is 112 Å². The van der Waals surface area contributed by atoms with Crippen molar-refractivity contribution >= 4 is 12.2 Å². The predicted octanol–water partition coefficient (Wildman–Crippen LogP) is -1.23. The molecule has 1 saturated heterocycles. The maximum Gasteiger partial charge on any atom is 0.173 e. The first-order valence-electron chi connectivity index (χ1n) is 6.22. The number of halogens is 1. The number of β-amino-alcohol motifs (C(OH)–C–C–N with tert-alkyl or cyclic N) is 1. The van der Waals surface area contributed by atoms with Gasteiger partial charge in [0.2, 0.25) is 0 Å². The molecule has 0 radical (unpaired) electrons. The van der Waals surface area contributed by atoms with Crippen LogP contribution < -0.4 is 5.32 Å². The van der Waals surface area contributed by atoms with E-state index in [1.165, 1.54) is 17.2 Å². The van der Waals surface area contributed by atoms with Gasteiger partial charge in [-0.2, -0.15) is 0 Å². The average molecular weight is 286 g/mol. The Morgan fingerprint density at radius 2 is 2.30 bits per heavy atom. The lowest BCUT2D eigenvalue weighted by Gasteiger charge is -2.16. The van der Waals surface area contributed by atoms with Crippen LogP contribution in [0.3, 0.4) is 0 Å². The first-order chi connectivity index (χ1) is 9.63. The van der Waals surface area contributed by atoms with Gasteiger partial charge in [0.05, 0.1) is 19.3 Å². The molecule has 110 valence electrons. The molecule has 0 aliphatic carbocycles. The SMILES string of the molecule is OC[C@H]1O[C@@H](n2cnc3c2N=CNCC3O)C(F)C1O. The molecule has 20 heavy (non-hydrogen) atoms. The zero-order chi connectivity index (χ0) is 14.3. The highest BCUT2D eigenvalue weighted by Gasteiger charge is 2.45. The summed E-state index contributed by atoms with van der Waals surface area (Å²) in [7, 11) is 0. The number of alkyl halides is 1. The Morgan fingerprint density at radius 1 is 1.50 bits per heavy atom. The zero-order valence-electron chi connectivity index (χ0n) is 10.4. The highest BCUT2D eigenvalue weighted by Crippen LogP contribution is 2.37. The van der Waals surface area contributed by atoms with Crippen LogP contribution in [0.25, 0.3) is 0 Å². The third-order valence-corrected chi connectivity index (χ3v) is 3.45. The Hall–Kier alpha value is -1.55. The average Bonchev–Trinajstić information content (AvgIpc) is 2.92. The molecule has 8 nitrogen and oxygen atoms in total. The molecule has 0 aromatic carbocycles. The highest BCUT2D eigenvalue weighted by atomic mass is 19.1. The van der Waals surface area contributed by atoms with Crippen LogP contribution in [0.1, 0.15) is 18.0 Å². The van der Waals surface area contributed by atoms with Gasteiger partial charge in [-0.25, -0.2) is 14.4 Å². The molecule has 2 aliphatic rings. The Labute approximate surface area is 113 Å². The van der Waals surface area contributed by atoms with Crippen molar-refractivity contribution in [3.05, 3.63) is 12.0 Å². The molecule has 5 atom stereocenters. The third-order valence-electron chi connectivity index (χ3n) is 3.45. The van der Waals surface area contributed by atoms with E-state index in [9.17, 15) is 14.6 Å². The number of nitrogens with one attached hydrogen (secondary N) is 1. The monoisotopic (exact) mass is 286 g/mol. The van der Waals surface area contributed by atoms with E-state index in [1.807, 2.05) is 0 Å². The van der Waals surface area contributed by atoms with Crippen LogP contribution in [0.2, 0.25) is 0 Å². The summed E-state index contributed by atoms with van der Waals surface area (Å²) < 4.78 is 20.7. The molecule has 1 aromatic rings. The van der Waals surface area contributed by atoms with Crippen molar-refractivity contribution in [1.29, 1.82) is 0 Å². The quantitative estimate of drug-likeness (QED) is 0.541. The summed E-state index contributed by atoms with van der Waals surface area (Å²) in [5.41, 5.74) is 0.309. The van der Waals surface area contributed by atoms with Crippen LogP contribution in [0.15, 0.2) is 11.3 Å². The number of aliphatic hydroxyl groups is 3. The van der Waals surface area contributed by atoms with Gasteiger partial charge in [-0.3, -0.25) is 4.57 Å². The molecule has 3 rings (SSSR count). The van der Waals surface area contributed by atoms with Gasteiger partial charge >= 0.3 is 0 Å². The van der Waals surface area contributed by atoms with Crippen LogP contribution in [-0.2, 0) is 4.74 Å². The number of aliphatic hydroxyl groups excluding tert-OH is 3. The van der Waals surface area contributed by atoms with Gasteiger partial charge in [0.1, 0.15) is 24.0 Å². The summed E-state index contributed by atoms with van der Waals surface area (Å²) in [5.74, 6) is 0.265. The van der Waals surface area contributed by atoms with Gasteiger partial charge in [-0.15, -0.1) is 0 Å². The lowest BCUT2D eigenvalue weighted by atomic mass is 10.1. The van der Waals surface area contributed by atoms with Crippen LogP contribution in [0.4, 0.5) is 10.2 Å². The summed E-state index contributed by atoms with van der Waals surface area (Å²) in [6, 6.07) is 0. The van der Waals surface area contributed by atoms with Crippen molar-refractivity contribution < 1.29 is 24.4 Å². The number of imidazole rings is 1. The summed E-state index contributed by atoms with van der Waals surface area (Å²) in [4.78, 5) is 8.09. The van der Waals surface area contributed by atoms with Crippen LogP contribution in [0, 0.1) is 0 Å². The molecule has 3 unspecified atom stereocenters. The number of hydrogen-bond donors (Lipinski definition) is 4. The molecule has 1 fully saturated rings. The molecule has 1 aromatic heterocycles. The minimum absolute atomic E-state index is 0.250. The number of aliphatic imine (C=N–C) groups is 1. The predicted molar refractivity (Wildman–Crippen MR) is 65.2 cm³/mol. The lowest BCUT2D eigenvalue weighted by Crippen LogP contribution is -2.30. The second-order valence-electron chi connectivity index (χ2n) is 4.73. The van der Waals surface area contributed by atoms with Gasteiger partial charge < -0.3 is 25.4 Å². The molecule has 9 heteroatoms. The lowest BCUT2D eigenvalue weighted by molar-refractivity contribution is -0.0467. The van der Waals surface area contributed by atoms with Gasteiger partial charge in [0, 0.05) is 6.54 Å². The number of fused-ring (bicyclic) bond motifs is 1. The van der Waals surface area contributed by atoms with Gasteiger partial charge in [0.15, 0.2) is 18.2 Å². The largest absolute Gasteiger partial charge is 0.394 e. The third kappa shape index (κ3) is 1.99. The van der Waals surface area contributed by atoms with Crippen molar-refractivity contribution in [2.24, 2.45) is 4.99 Å². The maximum atomic E-state index is 14.1. The van der Waals surface area contributed by atoms with Gasteiger partial charge in [0.25, 0.3) is 0 Å². The van der Waals surface area contributed by atoms with Crippen LogP contribution >= 0.6 is 0 Å². The summed E-state index contributed by atoms with van der Waals surface area (Å²) in [6.07, 6.45) is -3.44. The van der Waals surface area contributed by atoms with E-state index in [1.54, 1.807) is 0 Å². The number of ether oxygens (including phenoxy) is 1. The Kier molecular flexibility index (Phi) is 3.42. The Bertz CT molecular complexity index is 523. The second kappa shape index (κ2) is 5.09. The molecule has 3 heterocycles. The fourth-order valence-electron chi connectivity index (χ4n) is 2.37. The molecule has 0 saturated carbocycles. The Balaban J connectivity index is 1.96. The highest BCUT2D eigenvalue weighted by molar-refractivity contribution is 5.62. The summed E-state index contributed by atoms with van der Waals surface area (Å²) in [6.45, 7) is -0.234. The molecular weight excluding hydrogens is 271 g/mol. The molecule has 0 amide bonds. The van der Waals surface area contributed by atoms with Gasteiger partial charge in [-0.05, 0) is 0 Å². The minimum atomic E-state index is -1.71. The molecule has 2 aliphatic heterocycles. The van der Waals surface area contributed by atoms with Crippen molar-refractivity contribution in [2.75, 3.05) is 13.2 Å². The molecule has 4 N–H and O–H groups in total. The van der Waals surface area contributed by atoms with Gasteiger partial charge in [-0.1, -0.05) is 0 Å². The normalized spacial score (nSPS) is 36.5. The number of hydrogen-bond acceptors (Lipinski definition) is 7. The van der Waals surface area contributed by atoms with E-state index in [0.29, 0.717) is 5.69 Å². The van der Waals surface area contributed by atoms with E-state index in [4.69, 9.17) is 9.84 Å². The maximum absolute atomic E-state index is 14.1. The molecule has 0 spiro atoms. The number of aromatic nitrogens is 2. The van der Waals surface area contributed by atoms with E-state index in [2.05, 4.69) is 15.3 Å². The van der Waals surface area contributed by atoms with Crippen LogP contribution in [0.5, 0.6) is 0 Å². The summed E-state index contributed by atoms with van der Waals surface area (Å²) >= 11 is 0. The Morgan fingerprint density at radius 3 is 3.00 bits per heavy atom. The standard InChI is InChI=1S/C11H15FN4O4/c12-7-9(19)6(2-17)20-11(7)16-4-15-8-5(18)1-13-3-14-10(8)16/h3-7,9,11,17-19H,1-2H2,(H,13,14)/t5?,6-,7?,9?,11-/m1/s1. The first kappa shape index (κ1) is 13.4. The second-order valence-corrected chi connectivity index (χ2v) is 4.73. The minimum Gasteiger partial charge on any atom is -0.394 e. The van der Waals surface area contributed by atoms with E-state index in [0.717, 1.165) is 0 Å². The number of nitrogens with zero attached hydrogens (tertiary/aromatic N) is 3. The van der Waals surface area contributed by atoms with E-state index in [-0.39, 0.29) is 12.4 Å². The zero-order valence-corrected chi connectivity index (χ0v) is 10.4. The van der Waals surface area contributed by atoms with E-state index >= 15 is 0 Å². The first-order valence-corrected chi connectivity index (χ1v) is 6.22. The smallest absolute Gasteiger partial charge is 0.173 e. The van der Waals surface area contributed by atoms with Crippen molar-refractivity contribution in [1.82, 2.24) is 14.9 Å². The fourth-order valence-corrected chi connectivity index (χ4v) is 2.37. The summed E-state index contributed by atoms with van der Waals surface area (Å²) in [5, 5.41) is 31.3.